The minimum atomic E-state index is -0.316. The molecule has 0 bridgehead atoms. The van der Waals surface area contributed by atoms with E-state index in [0.717, 1.165) is 42.6 Å². The predicted octanol–water partition coefficient (Wildman–Crippen LogP) is 5.48. The highest BCUT2D eigenvalue weighted by atomic mass is 19.1. The van der Waals surface area contributed by atoms with Crippen molar-refractivity contribution in [3.05, 3.63) is 107 Å². The Morgan fingerprint density at radius 1 is 1.03 bits per heavy atom. The Morgan fingerprint density at radius 2 is 1.74 bits per heavy atom. The van der Waals surface area contributed by atoms with Crippen molar-refractivity contribution in [2.24, 2.45) is 0 Å². The van der Waals surface area contributed by atoms with Gasteiger partial charge in [-0.1, -0.05) is 55.0 Å². The smallest absolute Gasteiger partial charge is 0.289 e. The van der Waals surface area contributed by atoms with Crippen LogP contribution in [0.2, 0.25) is 0 Å². The summed E-state index contributed by atoms with van der Waals surface area (Å²) < 4.78 is 25.9. The Morgan fingerprint density at radius 3 is 2.50 bits per heavy atom. The highest BCUT2D eigenvalue weighted by Gasteiger charge is 2.41. The summed E-state index contributed by atoms with van der Waals surface area (Å²) in [6.07, 6.45) is 5.35. The summed E-state index contributed by atoms with van der Waals surface area (Å²) in [5.74, 6) is 0.203. The minimum Gasteiger partial charge on any atom is -0.496 e. The summed E-state index contributed by atoms with van der Waals surface area (Å²) in [6.45, 7) is 0.552. The van der Waals surface area contributed by atoms with Gasteiger partial charge < -0.3 is 19.7 Å². The van der Waals surface area contributed by atoms with E-state index in [-0.39, 0.29) is 42.1 Å². The predicted molar refractivity (Wildman–Crippen MR) is 143 cm³/mol. The Bertz CT molecular complexity index is 1340. The lowest BCUT2D eigenvalue weighted by molar-refractivity contribution is -0.149. The molecule has 2 aliphatic rings. The maximum absolute atomic E-state index is 14.4. The third kappa shape index (κ3) is 5.57. The number of methoxy groups -OCH3 is 1. The van der Waals surface area contributed by atoms with Gasteiger partial charge in [-0.25, -0.2) is 4.39 Å². The van der Waals surface area contributed by atoms with E-state index in [1.54, 1.807) is 60.6 Å². The number of carbonyl (C=O) groups excluding carboxylic acids is 2. The van der Waals surface area contributed by atoms with Gasteiger partial charge in [0.1, 0.15) is 17.7 Å². The second-order valence-electron chi connectivity index (χ2n) is 9.66. The normalized spacial score (nSPS) is 20.0. The number of amides is 2. The Kier molecular flexibility index (Phi) is 7.73. The monoisotopic (exact) mass is 514 g/mol. The highest BCUT2D eigenvalue weighted by molar-refractivity contribution is 5.97. The van der Waals surface area contributed by atoms with E-state index in [0.29, 0.717) is 17.7 Å². The van der Waals surface area contributed by atoms with Crippen molar-refractivity contribution in [1.82, 2.24) is 10.2 Å². The lowest BCUT2D eigenvalue weighted by Crippen LogP contribution is -2.54. The fourth-order valence-electron chi connectivity index (χ4n) is 5.18. The molecule has 1 aliphatic carbocycles. The maximum atomic E-state index is 14.4. The van der Waals surface area contributed by atoms with Gasteiger partial charge in [0.25, 0.3) is 11.8 Å². The van der Waals surface area contributed by atoms with E-state index in [1.165, 1.54) is 6.07 Å². The second-order valence-corrected chi connectivity index (χ2v) is 9.66. The first-order chi connectivity index (χ1) is 18.5. The summed E-state index contributed by atoms with van der Waals surface area (Å²) in [7, 11) is 1.60. The van der Waals surface area contributed by atoms with Crippen LogP contribution in [0.4, 0.5) is 4.39 Å². The molecule has 0 radical (unpaired) electrons. The summed E-state index contributed by atoms with van der Waals surface area (Å²) in [5, 5.41) is 2.91. The fourth-order valence-corrected chi connectivity index (χ4v) is 5.18. The van der Waals surface area contributed by atoms with Crippen molar-refractivity contribution < 1.29 is 23.5 Å². The minimum absolute atomic E-state index is 0.0673. The average Bonchev–Trinajstić information content (AvgIpc) is 2.95. The second kappa shape index (κ2) is 11.5. The summed E-state index contributed by atoms with van der Waals surface area (Å²) in [4.78, 5) is 27.9. The SMILES string of the molecule is COc1ccccc1CNC(=O)c1ccc(/C=C2\OC3CCCCC3N(Cc3ccccc3F)C2=O)cc1. The lowest BCUT2D eigenvalue weighted by Gasteiger charge is -2.44. The van der Waals surface area contributed by atoms with Gasteiger partial charge in [0.15, 0.2) is 5.76 Å². The molecule has 6 nitrogen and oxygen atoms in total. The molecule has 3 aromatic rings. The topological polar surface area (TPSA) is 67.9 Å². The largest absolute Gasteiger partial charge is 0.496 e. The van der Waals surface area contributed by atoms with Gasteiger partial charge in [0, 0.05) is 29.8 Å². The fraction of sp³-hybridized carbons (Fsp3) is 0.290. The van der Waals surface area contributed by atoms with Crippen molar-refractivity contribution in [2.75, 3.05) is 7.11 Å². The number of fused-ring (bicyclic) bond motifs is 1. The number of nitrogens with zero attached hydrogens (tertiary/aromatic N) is 1. The van der Waals surface area contributed by atoms with E-state index in [9.17, 15) is 14.0 Å². The first-order valence-electron chi connectivity index (χ1n) is 13.0. The number of ether oxygens (including phenoxy) is 2. The quantitative estimate of drug-likeness (QED) is 0.425. The number of rotatable bonds is 7. The van der Waals surface area contributed by atoms with Crippen LogP contribution in [0.1, 0.15) is 52.7 Å². The third-order valence-corrected chi connectivity index (χ3v) is 7.22. The zero-order valence-electron chi connectivity index (χ0n) is 21.4. The maximum Gasteiger partial charge on any atom is 0.289 e. The Balaban J connectivity index is 1.30. The number of para-hydroxylation sites is 1. The molecule has 38 heavy (non-hydrogen) atoms. The number of morpholine rings is 1. The number of hydrogen-bond acceptors (Lipinski definition) is 4. The molecule has 1 aliphatic heterocycles. The molecule has 2 amide bonds. The van der Waals surface area contributed by atoms with Crippen LogP contribution < -0.4 is 10.1 Å². The van der Waals surface area contributed by atoms with Crippen LogP contribution in [0, 0.1) is 5.82 Å². The van der Waals surface area contributed by atoms with Crippen LogP contribution in [-0.2, 0) is 22.6 Å². The standard InChI is InChI=1S/C31H31FN2O4/c1-37-27-12-6-3-8-23(27)19-33-30(35)22-16-14-21(15-17-22)18-29-31(36)34(20-24-9-2-4-10-25(24)32)26-11-5-7-13-28(26)38-29/h2-4,6,8-10,12,14-18,26,28H,5,7,11,13,19-20H2,1H3,(H,33,35)/b29-18-. The lowest BCUT2D eigenvalue weighted by atomic mass is 9.89. The summed E-state index contributed by atoms with van der Waals surface area (Å²) >= 11 is 0. The van der Waals surface area contributed by atoms with E-state index in [1.807, 2.05) is 24.3 Å². The van der Waals surface area contributed by atoms with Crippen molar-refractivity contribution in [3.63, 3.8) is 0 Å². The molecule has 2 atom stereocenters. The van der Waals surface area contributed by atoms with Crippen molar-refractivity contribution >= 4 is 17.9 Å². The van der Waals surface area contributed by atoms with E-state index in [2.05, 4.69) is 5.32 Å². The molecular weight excluding hydrogens is 483 g/mol. The number of nitrogens with one attached hydrogen (secondary N) is 1. The van der Waals surface area contributed by atoms with Crippen LogP contribution >= 0.6 is 0 Å². The average molecular weight is 515 g/mol. The van der Waals surface area contributed by atoms with Crippen molar-refractivity contribution in [1.29, 1.82) is 0 Å². The van der Waals surface area contributed by atoms with Crippen LogP contribution in [-0.4, -0.2) is 36.0 Å². The molecule has 1 saturated carbocycles. The number of carbonyl (C=O) groups is 2. The van der Waals surface area contributed by atoms with Gasteiger partial charge in [-0.3, -0.25) is 9.59 Å². The molecule has 5 rings (SSSR count). The molecule has 2 unspecified atom stereocenters. The van der Waals surface area contributed by atoms with Crippen molar-refractivity contribution in [3.8, 4) is 5.75 Å². The number of halogens is 1. The van der Waals surface area contributed by atoms with Crippen molar-refractivity contribution in [2.45, 2.75) is 50.9 Å². The van der Waals surface area contributed by atoms with Gasteiger partial charge in [-0.2, -0.15) is 0 Å². The molecule has 0 aromatic heterocycles. The Hall–Kier alpha value is -4.13. The first-order valence-corrected chi connectivity index (χ1v) is 13.0. The first kappa shape index (κ1) is 25.5. The molecule has 1 heterocycles. The zero-order chi connectivity index (χ0) is 26.5. The molecular formula is C31H31FN2O4. The number of benzene rings is 3. The molecule has 196 valence electrons. The summed E-state index contributed by atoms with van der Waals surface area (Å²) in [6, 6.07) is 21.1. The number of hydrogen-bond donors (Lipinski definition) is 1. The third-order valence-electron chi connectivity index (χ3n) is 7.22. The van der Waals surface area contributed by atoms with Crippen LogP contribution in [0.25, 0.3) is 6.08 Å². The van der Waals surface area contributed by atoms with Gasteiger partial charge in [0.05, 0.1) is 13.2 Å². The molecule has 7 heteroatoms. The van der Waals surface area contributed by atoms with E-state index < -0.39 is 0 Å². The van der Waals surface area contributed by atoms with Gasteiger partial charge in [-0.05, 0) is 55.2 Å². The summed E-state index contributed by atoms with van der Waals surface area (Å²) in [5.41, 5.74) is 2.63. The van der Waals surface area contributed by atoms with E-state index >= 15 is 0 Å². The zero-order valence-corrected chi connectivity index (χ0v) is 21.4. The molecule has 0 spiro atoms. The molecule has 1 saturated heterocycles. The molecule has 3 aromatic carbocycles. The van der Waals surface area contributed by atoms with Crippen LogP contribution in [0.3, 0.4) is 0 Å². The van der Waals surface area contributed by atoms with E-state index in [4.69, 9.17) is 9.47 Å². The Labute approximate surface area is 222 Å². The highest BCUT2D eigenvalue weighted by Crippen LogP contribution is 2.34. The van der Waals surface area contributed by atoms with Crippen LogP contribution in [0.15, 0.2) is 78.6 Å². The van der Waals surface area contributed by atoms with Crippen LogP contribution in [0.5, 0.6) is 5.75 Å². The van der Waals surface area contributed by atoms with Gasteiger partial charge in [-0.15, -0.1) is 0 Å². The van der Waals surface area contributed by atoms with Gasteiger partial charge >= 0.3 is 0 Å². The molecule has 1 N–H and O–H groups in total. The molecule has 2 fully saturated rings. The van der Waals surface area contributed by atoms with Gasteiger partial charge in [0.2, 0.25) is 0 Å².